The van der Waals surface area contributed by atoms with Crippen LogP contribution in [0.15, 0.2) is 29.2 Å². The lowest BCUT2D eigenvalue weighted by Gasteiger charge is -2.35. The first-order valence-corrected chi connectivity index (χ1v) is 11.0. The summed E-state index contributed by atoms with van der Waals surface area (Å²) in [4.78, 5) is 16.6. The quantitative estimate of drug-likeness (QED) is 0.773. The number of nitrogens with zero attached hydrogens (tertiary/aromatic N) is 4. The van der Waals surface area contributed by atoms with Crippen LogP contribution in [0.5, 0.6) is 0 Å². The van der Waals surface area contributed by atoms with E-state index in [1.807, 2.05) is 6.07 Å². The number of carbonyl (C=O) groups excluding carboxylic acids is 1. The van der Waals surface area contributed by atoms with Crippen LogP contribution in [0.1, 0.15) is 31.2 Å². The third kappa shape index (κ3) is 4.67. The summed E-state index contributed by atoms with van der Waals surface area (Å²) in [6, 6.07) is 8.18. The fourth-order valence-electron chi connectivity index (χ4n) is 3.69. The van der Waals surface area contributed by atoms with Crippen LogP contribution in [0, 0.1) is 11.3 Å². The van der Waals surface area contributed by atoms with Gasteiger partial charge in [-0.3, -0.25) is 9.69 Å². The number of likely N-dealkylation sites (tertiary alicyclic amines) is 1. The summed E-state index contributed by atoms with van der Waals surface area (Å²) >= 11 is 0. The van der Waals surface area contributed by atoms with Crippen LogP contribution >= 0.6 is 0 Å². The Labute approximate surface area is 161 Å². The lowest BCUT2D eigenvalue weighted by Crippen LogP contribution is -2.52. The number of nitriles is 1. The number of hydrogen-bond donors (Lipinski definition) is 0. The first-order valence-electron chi connectivity index (χ1n) is 9.52. The molecule has 2 aliphatic heterocycles. The van der Waals surface area contributed by atoms with Crippen molar-refractivity contribution in [2.45, 2.75) is 30.6 Å². The van der Waals surface area contributed by atoms with Gasteiger partial charge in [0.1, 0.15) is 6.07 Å². The van der Waals surface area contributed by atoms with Crippen molar-refractivity contribution in [1.29, 1.82) is 5.26 Å². The summed E-state index contributed by atoms with van der Waals surface area (Å²) in [5.41, 5.74) is 0.150. The van der Waals surface area contributed by atoms with Crippen LogP contribution in [0.3, 0.4) is 0 Å². The first kappa shape index (κ1) is 19.8. The Morgan fingerprint density at radius 1 is 0.963 bits per heavy atom. The number of rotatable bonds is 4. The molecular weight excluding hydrogens is 364 g/mol. The zero-order valence-electron chi connectivity index (χ0n) is 15.5. The van der Waals surface area contributed by atoms with Gasteiger partial charge in [-0.1, -0.05) is 25.0 Å². The zero-order chi connectivity index (χ0) is 19.3. The highest BCUT2D eigenvalue weighted by Crippen LogP contribution is 2.21. The summed E-state index contributed by atoms with van der Waals surface area (Å²) in [6.07, 6.45) is 4.73. The summed E-state index contributed by atoms with van der Waals surface area (Å²) < 4.78 is 27.1. The molecule has 2 saturated heterocycles. The second kappa shape index (κ2) is 8.83. The van der Waals surface area contributed by atoms with Crippen molar-refractivity contribution in [1.82, 2.24) is 14.1 Å². The minimum absolute atomic E-state index is 0.0387. The molecule has 3 rings (SSSR count). The van der Waals surface area contributed by atoms with Gasteiger partial charge in [-0.15, -0.1) is 0 Å². The van der Waals surface area contributed by atoms with E-state index in [1.165, 1.54) is 29.3 Å². The van der Waals surface area contributed by atoms with E-state index in [0.29, 0.717) is 19.6 Å². The average molecular weight is 391 g/mol. The van der Waals surface area contributed by atoms with Crippen LogP contribution in [-0.2, 0) is 14.8 Å². The molecule has 0 saturated carbocycles. The van der Waals surface area contributed by atoms with Gasteiger partial charge < -0.3 is 4.90 Å². The van der Waals surface area contributed by atoms with Crippen molar-refractivity contribution in [3.63, 3.8) is 0 Å². The fraction of sp³-hybridized carbons (Fsp3) is 0.579. The Balaban J connectivity index is 1.59. The molecule has 7 nitrogen and oxygen atoms in total. The van der Waals surface area contributed by atoms with Crippen LogP contribution in [0.2, 0.25) is 0 Å². The molecule has 1 aromatic rings. The standard InChI is InChI=1S/C19H26N4O3S/c20-15-17-7-3-4-8-18(17)27(25,26)23-13-11-22(12-14-23)19(24)16-21-9-5-1-2-6-10-21/h3-4,7-8H,1-2,5-6,9-14,16H2. The number of benzene rings is 1. The molecular formula is C19H26N4O3S. The molecule has 0 bridgehead atoms. The SMILES string of the molecule is N#Cc1ccccc1S(=O)(=O)N1CCN(C(=O)CN2CCCCCC2)CC1. The maximum absolute atomic E-state index is 12.9. The van der Waals surface area contributed by atoms with E-state index in [2.05, 4.69) is 4.90 Å². The van der Waals surface area contributed by atoms with Gasteiger partial charge in [0.15, 0.2) is 0 Å². The predicted octanol–water partition coefficient (Wildman–Crippen LogP) is 1.27. The van der Waals surface area contributed by atoms with E-state index in [9.17, 15) is 18.5 Å². The molecule has 0 N–H and O–H groups in total. The summed E-state index contributed by atoms with van der Waals surface area (Å²) in [5, 5.41) is 9.18. The fourth-order valence-corrected chi connectivity index (χ4v) is 5.25. The Morgan fingerprint density at radius 3 is 2.22 bits per heavy atom. The van der Waals surface area contributed by atoms with Crippen LogP contribution < -0.4 is 0 Å². The molecule has 146 valence electrons. The van der Waals surface area contributed by atoms with E-state index in [1.54, 1.807) is 17.0 Å². The second-order valence-electron chi connectivity index (χ2n) is 7.08. The van der Waals surface area contributed by atoms with E-state index >= 15 is 0 Å². The number of amides is 1. The molecule has 0 aromatic heterocycles. The molecule has 0 aliphatic carbocycles. The number of piperazine rings is 1. The van der Waals surface area contributed by atoms with Crippen molar-refractivity contribution in [3.8, 4) is 6.07 Å². The first-order chi connectivity index (χ1) is 13.0. The van der Waals surface area contributed by atoms with Gasteiger partial charge in [0.25, 0.3) is 0 Å². The normalized spacial score (nSPS) is 20.0. The molecule has 1 amide bonds. The molecule has 0 spiro atoms. The number of carbonyl (C=O) groups is 1. The Morgan fingerprint density at radius 2 is 1.59 bits per heavy atom. The molecule has 1 aromatic carbocycles. The van der Waals surface area contributed by atoms with Gasteiger partial charge in [0.2, 0.25) is 15.9 Å². The van der Waals surface area contributed by atoms with E-state index < -0.39 is 10.0 Å². The molecule has 2 aliphatic rings. The van der Waals surface area contributed by atoms with E-state index in [-0.39, 0.29) is 29.5 Å². The third-order valence-electron chi connectivity index (χ3n) is 5.27. The van der Waals surface area contributed by atoms with Gasteiger partial charge in [-0.05, 0) is 38.1 Å². The van der Waals surface area contributed by atoms with Gasteiger partial charge in [-0.2, -0.15) is 9.57 Å². The van der Waals surface area contributed by atoms with Crippen molar-refractivity contribution in [3.05, 3.63) is 29.8 Å². The van der Waals surface area contributed by atoms with E-state index in [0.717, 1.165) is 25.9 Å². The monoisotopic (exact) mass is 390 g/mol. The molecule has 8 heteroatoms. The highest BCUT2D eigenvalue weighted by molar-refractivity contribution is 7.89. The van der Waals surface area contributed by atoms with Crippen LogP contribution in [0.25, 0.3) is 0 Å². The minimum atomic E-state index is -3.72. The summed E-state index contributed by atoms with van der Waals surface area (Å²) in [7, 11) is -3.72. The van der Waals surface area contributed by atoms with Gasteiger partial charge in [0.05, 0.1) is 17.0 Å². The van der Waals surface area contributed by atoms with Crippen LogP contribution in [0.4, 0.5) is 0 Å². The predicted molar refractivity (Wildman–Crippen MR) is 101 cm³/mol. The largest absolute Gasteiger partial charge is 0.339 e. The highest BCUT2D eigenvalue weighted by atomic mass is 32.2. The second-order valence-corrected chi connectivity index (χ2v) is 8.99. The summed E-state index contributed by atoms with van der Waals surface area (Å²) in [5.74, 6) is 0.0753. The minimum Gasteiger partial charge on any atom is -0.339 e. The van der Waals surface area contributed by atoms with Crippen molar-refractivity contribution in [2.75, 3.05) is 45.8 Å². The topological polar surface area (TPSA) is 84.7 Å². The zero-order valence-corrected chi connectivity index (χ0v) is 16.3. The molecule has 0 atom stereocenters. The average Bonchev–Trinajstić information content (AvgIpc) is 2.96. The summed E-state index contributed by atoms with van der Waals surface area (Å²) in [6.45, 7) is 3.64. The maximum atomic E-state index is 12.9. The lowest BCUT2D eigenvalue weighted by molar-refractivity contribution is -0.133. The van der Waals surface area contributed by atoms with Gasteiger partial charge in [0, 0.05) is 26.2 Å². The molecule has 27 heavy (non-hydrogen) atoms. The Kier molecular flexibility index (Phi) is 6.47. The number of hydrogen-bond acceptors (Lipinski definition) is 5. The molecule has 0 radical (unpaired) electrons. The maximum Gasteiger partial charge on any atom is 0.244 e. The number of sulfonamides is 1. The Bertz CT molecular complexity index is 802. The third-order valence-corrected chi connectivity index (χ3v) is 7.23. The van der Waals surface area contributed by atoms with Gasteiger partial charge >= 0.3 is 0 Å². The van der Waals surface area contributed by atoms with Crippen LogP contribution in [-0.4, -0.2) is 74.2 Å². The van der Waals surface area contributed by atoms with E-state index in [4.69, 9.17) is 0 Å². The Hall–Kier alpha value is -1.95. The lowest BCUT2D eigenvalue weighted by atomic mass is 10.2. The van der Waals surface area contributed by atoms with Gasteiger partial charge in [-0.25, -0.2) is 8.42 Å². The van der Waals surface area contributed by atoms with Crippen molar-refractivity contribution in [2.24, 2.45) is 0 Å². The molecule has 2 fully saturated rings. The highest BCUT2D eigenvalue weighted by Gasteiger charge is 2.31. The van der Waals surface area contributed by atoms with Crippen molar-refractivity contribution < 1.29 is 13.2 Å². The molecule has 0 unspecified atom stereocenters. The molecule has 2 heterocycles. The smallest absolute Gasteiger partial charge is 0.244 e. The van der Waals surface area contributed by atoms with Crippen molar-refractivity contribution >= 4 is 15.9 Å².